The van der Waals surface area contributed by atoms with Gasteiger partial charge in [-0.2, -0.15) is 0 Å². The number of benzene rings is 2. The number of rotatable bonds is 2. The van der Waals surface area contributed by atoms with Crippen LogP contribution in [0.5, 0.6) is 5.75 Å². The zero-order valence-corrected chi connectivity index (χ0v) is 10.9. The number of ether oxygens (including phenoxy) is 1. The van der Waals surface area contributed by atoms with Gasteiger partial charge in [-0.3, -0.25) is 4.90 Å². The summed E-state index contributed by atoms with van der Waals surface area (Å²) in [5.74, 6) is -0.330. The Morgan fingerprint density at radius 1 is 1.25 bits per heavy atom. The summed E-state index contributed by atoms with van der Waals surface area (Å²) in [6, 6.07) is 11.7. The Bertz CT molecular complexity index is 673. The lowest BCUT2D eigenvalue weighted by Crippen LogP contribution is -2.38. The molecule has 2 amide bonds. The standard InChI is InChI=1S/C15H13FN2O2/c1-20-14-7-6-11(8-12(14)16)18-9-10-4-2-3-5-13(10)17-15(18)19/h2-8H,9H2,1H3,(H,17,19). The number of urea groups is 1. The van der Waals surface area contributed by atoms with Crippen LogP contribution in [0, 0.1) is 5.82 Å². The lowest BCUT2D eigenvalue weighted by atomic mass is 10.1. The van der Waals surface area contributed by atoms with E-state index >= 15 is 0 Å². The smallest absolute Gasteiger partial charge is 0.326 e. The second-order valence-corrected chi connectivity index (χ2v) is 4.49. The van der Waals surface area contributed by atoms with Gasteiger partial charge in [0.15, 0.2) is 11.6 Å². The summed E-state index contributed by atoms with van der Waals surface area (Å²) < 4.78 is 18.6. The van der Waals surface area contributed by atoms with Crippen molar-refractivity contribution < 1.29 is 13.9 Å². The van der Waals surface area contributed by atoms with Gasteiger partial charge in [-0.1, -0.05) is 18.2 Å². The molecule has 5 heteroatoms. The van der Waals surface area contributed by atoms with Crippen molar-refractivity contribution in [3.63, 3.8) is 0 Å². The number of hydrogen-bond donors (Lipinski definition) is 1. The van der Waals surface area contributed by atoms with E-state index in [4.69, 9.17) is 4.74 Å². The molecule has 1 aliphatic rings. The molecule has 0 aromatic heterocycles. The number of para-hydroxylation sites is 1. The number of nitrogens with one attached hydrogen (secondary N) is 1. The van der Waals surface area contributed by atoms with Gasteiger partial charge in [0.1, 0.15) is 0 Å². The highest BCUT2D eigenvalue weighted by molar-refractivity contribution is 6.04. The minimum absolute atomic E-state index is 0.159. The molecule has 0 unspecified atom stereocenters. The van der Waals surface area contributed by atoms with E-state index in [-0.39, 0.29) is 11.8 Å². The van der Waals surface area contributed by atoms with E-state index in [0.29, 0.717) is 12.2 Å². The van der Waals surface area contributed by atoms with E-state index in [2.05, 4.69) is 5.32 Å². The highest BCUT2D eigenvalue weighted by Crippen LogP contribution is 2.29. The van der Waals surface area contributed by atoms with Crippen LogP contribution in [0.1, 0.15) is 5.56 Å². The summed E-state index contributed by atoms with van der Waals surface area (Å²) in [7, 11) is 1.40. The van der Waals surface area contributed by atoms with Crippen molar-refractivity contribution in [3.8, 4) is 5.75 Å². The summed E-state index contributed by atoms with van der Waals surface area (Å²) in [6.07, 6.45) is 0. The zero-order chi connectivity index (χ0) is 14.1. The predicted octanol–water partition coefficient (Wildman–Crippen LogP) is 3.39. The molecule has 2 aromatic rings. The average molecular weight is 272 g/mol. The SMILES string of the molecule is COc1ccc(N2Cc3ccccc3NC2=O)cc1F. The fourth-order valence-corrected chi connectivity index (χ4v) is 2.24. The molecule has 0 aliphatic carbocycles. The number of carbonyl (C=O) groups excluding carboxylic acids is 1. The van der Waals surface area contributed by atoms with Crippen LogP contribution in [0.3, 0.4) is 0 Å². The molecule has 0 spiro atoms. The zero-order valence-electron chi connectivity index (χ0n) is 10.9. The first-order valence-electron chi connectivity index (χ1n) is 6.19. The maximum atomic E-state index is 13.7. The van der Waals surface area contributed by atoms with Crippen LogP contribution in [-0.4, -0.2) is 13.1 Å². The Kier molecular flexibility index (Phi) is 3.02. The molecule has 102 valence electrons. The van der Waals surface area contributed by atoms with Crippen molar-refractivity contribution in [2.24, 2.45) is 0 Å². The molecule has 1 N–H and O–H groups in total. The topological polar surface area (TPSA) is 41.6 Å². The van der Waals surface area contributed by atoms with Crippen LogP contribution in [0.2, 0.25) is 0 Å². The molecule has 3 rings (SSSR count). The predicted molar refractivity (Wildman–Crippen MR) is 74.6 cm³/mol. The molecule has 1 heterocycles. The van der Waals surface area contributed by atoms with Crippen molar-refractivity contribution in [1.29, 1.82) is 0 Å². The van der Waals surface area contributed by atoms with E-state index in [1.165, 1.54) is 24.1 Å². The number of anilines is 2. The van der Waals surface area contributed by atoms with Crippen LogP contribution >= 0.6 is 0 Å². The molecular weight excluding hydrogens is 259 g/mol. The summed E-state index contributed by atoms with van der Waals surface area (Å²) in [6.45, 7) is 0.410. The summed E-state index contributed by atoms with van der Waals surface area (Å²) in [5, 5.41) is 2.79. The molecule has 20 heavy (non-hydrogen) atoms. The highest BCUT2D eigenvalue weighted by Gasteiger charge is 2.24. The first-order valence-corrected chi connectivity index (χ1v) is 6.19. The van der Waals surface area contributed by atoms with Crippen LogP contribution in [0.4, 0.5) is 20.6 Å². The van der Waals surface area contributed by atoms with Crippen molar-refractivity contribution >= 4 is 17.4 Å². The van der Waals surface area contributed by atoms with Gasteiger partial charge in [0, 0.05) is 17.4 Å². The Morgan fingerprint density at radius 2 is 2.05 bits per heavy atom. The van der Waals surface area contributed by atoms with Crippen LogP contribution in [0.15, 0.2) is 42.5 Å². The fourth-order valence-electron chi connectivity index (χ4n) is 2.24. The number of halogens is 1. The second-order valence-electron chi connectivity index (χ2n) is 4.49. The van der Waals surface area contributed by atoms with Crippen LogP contribution in [-0.2, 0) is 6.54 Å². The normalized spacial score (nSPS) is 13.7. The van der Waals surface area contributed by atoms with Crippen molar-refractivity contribution in [3.05, 3.63) is 53.8 Å². The Morgan fingerprint density at radius 3 is 2.80 bits per heavy atom. The van der Waals surface area contributed by atoms with E-state index in [1.54, 1.807) is 6.07 Å². The molecule has 0 saturated carbocycles. The highest BCUT2D eigenvalue weighted by atomic mass is 19.1. The summed E-state index contributed by atoms with van der Waals surface area (Å²) in [4.78, 5) is 13.6. The third kappa shape index (κ3) is 2.07. The molecule has 0 bridgehead atoms. The fraction of sp³-hybridized carbons (Fsp3) is 0.133. The molecule has 1 aliphatic heterocycles. The van der Waals surface area contributed by atoms with Gasteiger partial charge in [-0.15, -0.1) is 0 Å². The molecule has 2 aromatic carbocycles. The van der Waals surface area contributed by atoms with E-state index < -0.39 is 5.82 Å². The van der Waals surface area contributed by atoms with Crippen molar-refractivity contribution in [1.82, 2.24) is 0 Å². The Hall–Kier alpha value is -2.56. The number of carbonyl (C=O) groups is 1. The van der Waals surface area contributed by atoms with Gasteiger partial charge < -0.3 is 10.1 Å². The quantitative estimate of drug-likeness (QED) is 0.910. The lowest BCUT2D eigenvalue weighted by Gasteiger charge is -2.29. The van der Waals surface area contributed by atoms with Crippen molar-refractivity contribution in [2.45, 2.75) is 6.54 Å². The van der Waals surface area contributed by atoms with Crippen LogP contribution in [0.25, 0.3) is 0 Å². The Balaban J connectivity index is 1.95. The molecule has 0 saturated heterocycles. The van der Waals surface area contributed by atoms with E-state index in [1.807, 2.05) is 24.3 Å². The number of fused-ring (bicyclic) bond motifs is 1. The average Bonchev–Trinajstić information content (AvgIpc) is 2.46. The molecule has 0 fully saturated rings. The van der Waals surface area contributed by atoms with Gasteiger partial charge in [0.25, 0.3) is 0 Å². The number of amides is 2. The first kappa shape index (κ1) is 12.5. The molecule has 0 radical (unpaired) electrons. The first-order chi connectivity index (χ1) is 9.69. The Labute approximate surface area is 115 Å². The largest absolute Gasteiger partial charge is 0.494 e. The van der Waals surface area contributed by atoms with Gasteiger partial charge in [0.2, 0.25) is 0 Å². The second kappa shape index (κ2) is 4.85. The maximum absolute atomic E-state index is 13.7. The lowest BCUT2D eigenvalue weighted by molar-refractivity contribution is 0.256. The van der Waals surface area contributed by atoms with Gasteiger partial charge >= 0.3 is 6.03 Å². The van der Waals surface area contributed by atoms with Gasteiger partial charge in [-0.05, 0) is 23.8 Å². The third-order valence-electron chi connectivity index (χ3n) is 3.28. The molecule has 4 nitrogen and oxygen atoms in total. The number of nitrogens with zero attached hydrogens (tertiary/aromatic N) is 1. The van der Waals surface area contributed by atoms with Gasteiger partial charge in [0.05, 0.1) is 13.7 Å². The minimum atomic E-state index is -0.489. The number of hydrogen-bond acceptors (Lipinski definition) is 2. The minimum Gasteiger partial charge on any atom is -0.494 e. The third-order valence-corrected chi connectivity index (χ3v) is 3.28. The number of methoxy groups -OCH3 is 1. The van der Waals surface area contributed by atoms with E-state index in [9.17, 15) is 9.18 Å². The maximum Gasteiger partial charge on any atom is 0.326 e. The van der Waals surface area contributed by atoms with Crippen molar-refractivity contribution in [2.75, 3.05) is 17.3 Å². The monoisotopic (exact) mass is 272 g/mol. The van der Waals surface area contributed by atoms with Crippen LogP contribution < -0.4 is 15.0 Å². The van der Waals surface area contributed by atoms with Gasteiger partial charge in [-0.25, -0.2) is 9.18 Å². The molecule has 0 atom stereocenters. The molecular formula is C15H13FN2O2. The van der Waals surface area contributed by atoms with E-state index in [0.717, 1.165) is 11.3 Å². The summed E-state index contributed by atoms with van der Waals surface area (Å²) in [5.41, 5.74) is 2.28. The summed E-state index contributed by atoms with van der Waals surface area (Å²) >= 11 is 0.